The quantitative estimate of drug-likeness (QED) is 0.810. The molecule has 1 heterocycles. The maximum absolute atomic E-state index is 12.6. The first-order chi connectivity index (χ1) is 8.71. The summed E-state index contributed by atoms with van der Waals surface area (Å²) in [4.78, 5) is 14.6. The van der Waals surface area contributed by atoms with Gasteiger partial charge < -0.3 is 4.90 Å². The van der Waals surface area contributed by atoms with Crippen LogP contribution in [0.15, 0.2) is 0 Å². The van der Waals surface area contributed by atoms with Crippen LogP contribution in [0.3, 0.4) is 0 Å². The van der Waals surface area contributed by atoms with Crippen LogP contribution >= 0.6 is 0 Å². The van der Waals surface area contributed by atoms with Gasteiger partial charge in [0.2, 0.25) is 5.91 Å². The zero-order chi connectivity index (χ0) is 14.8. The van der Waals surface area contributed by atoms with Crippen LogP contribution in [0, 0.1) is 5.92 Å². The van der Waals surface area contributed by atoms with E-state index in [2.05, 4.69) is 19.2 Å². The first-order valence-electron chi connectivity index (χ1n) is 7.11. The lowest BCUT2D eigenvalue weighted by Gasteiger charge is -2.31. The van der Waals surface area contributed by atoms with Gasteiger partial charge in [0.05, 0.1) is 11.7 Å². The summed E-state index contributed by atoms with van der Waals surface area (Å²) < 4.78 is 11.4. The fourth-order valence-electron chi connectivity index (χ4n) is 2.73. The molecule has 0 radical (unpaired) electrons. The Hall–Kier alpha value is -0.420. The van der Waals surface area contributed by atoms with Gasteiger partial charge in [-0.15, -0.1) is 0 Å². The molecular weight excluding hydrogens is 260 g/mol. The number of hydrogen-bond acceptors (Lipinski definition) is 3. The molecule has 1 N–H and O–H groups in total. The number of nitrogens with one attached hydrogen (secondary N) is 1. The summed E-state index contributed by atoms with van der Waals surface area (Å²) in [6, 6.07) is 0.0166. The van der Waals surface area contributed by atoms with Gasteiger partial charge in [0.25, 0.3) is 0 Å². The van der Waals surface area contributed by atoms with Crippen molar-refractivity contribution in [3.05, 3.63) is 0 Å². The van der Waals surface area contributed by atoms with Crippen molar-refractivity contribution >= 4 is 16.7 Å². The number of hydrogen-bond donors (Lipinski definition) is 1. The topological polar surface area (TPSA) is 49.4 Å². The average molecular weight is 288 g/mol. The third-order valence-electron chi connectivity index (χ3n) is 3.88. The van der Waals surface area contributed by atoms with Gasteiger partial charge >= 0.3 is 0 Å². The van der Waals surface area contributed by atoms with Gasteiger partial charge in [0.1, 0.15) is 0 Å². The highest BCUT2D eigenvalue weighted by Gasteiger charge is 2.48. The molecule has 0 aliphatic carbocycles. The van der Waals surface area contributed by atoms with Crippen LogP contribution < -0.4 is 5.32 Å². The summed E-state index contributed by atoms with van der Waals surface area (Å²) in [7, 11) is -0.883. The Bertz CT molecular complexity index is 359. The van der Waals surface area contributed by atoms with E-state index in [1.54, 1.807) is 6.26 Å². The Morgan fingerprint density at radius 2 is 2.00 bits per heavy atom. The van der Waals surface area contributed by atoms with Crippen LogP contribution in [-0.4, -0.2) is 44.8 Å². The molecule has 1 saturated heterocycles. The normalized spacial score (nSPS) is 31.0. The van der Waals surface area contributed by atoms with Gasteiger partial charge in [-0.1, -0.05) is 20.8 Å². The van der Waals surface area contributed by atoms with E-state index in [0.29, 0.717) is 11.7 Å². The molecule has 4 nitrogen and oxygen atoms in total. The zero-order valence-corrected chi connectivity index (χ0v) is 13.8. The van der Waals surface area contributed by atoms with Crippen LogP contribution in [0.2, 0.25) is 0 Å². The zero-order valence-electron chi connectivity index (χ0n) is 13.0. The lowest BCUT2D eigenvalue weighted by molar-refractivity contribution is -0.134. The third kappa shape index (κ3) is 3.78. The first kappa shape index (κ1) is 16.6. The molecule has 4 unspecified atom stereocenters. The van der Waals surface area contributed by atoms with Crippen LogP contribution in [-0.2, 0) is 15.6 Å². The molecule has 0 spiro atoms. The minimum atomic E-state index is -0.883. The average Bonchev–Trinajstić information content (AvgIpc) is 2.50. The fraction of sp³-hybridized carbons (Fsp3) is 0.929. The van der Waals surface area contributed by atoms with Gasteiger partial charge in [0.15, 0.2) is 0 Å². The van der Waals surface area contributed by atoms with E-state index in [1.807, 2.05) is 25.7 Å². The Morgan fingerprint density at radius 3 is 2.42 bits per heavy atom. The van der Waals surface area contributed by atoms with Crippen molar-refractivity contribution in [2.75, 3.05) is 12.0 Å². The highest BCUT2D eigenvalue weighted by atomic mass is 32.2. The molecule has 1 aliphatic rings. The maximum Gasteiger partial charge on any atom is 0.244 e. The lowest BCUT2D eigenvalue weighted by Crippen LogP contribution is -2.46. The molecular formula is C14H28N2O2S. The highest BCUT2D eigenvalue weighted by Crippen LogP contribution is 2.28. The summed E-state index contributed by atoms with van der Waals surface area (Å²) in [5, 5.41) is 3.48. The molecule has 0 bridgehead atoms. The van der Waals surface area contributed by atoms with Crippen molar-refractivity contribution < 1.29 is 9.00 Å². The molecule has 1 rings (SSSR count). The first-order valence-corrected chi connectivity index (χ1v) is 8.84. The molecule has 5 heteroatoms. The number of amides is 1. The molecule has 1 aliphatic heterocycles. The molecule has 0 aromatic carbocycles. The van der Waals surface area contributed by atoms with Gasteiger partial charge in [0, 0.05) is 28.9 Å². The minimum Gasteiger partial charge on any atom is -0.322 e. The predicted octanol–water partition coefficient (Wildman–Crippen LogP) is 1.73. The second kappa shape index (κ2) is 6.35. The van der Waals surface area contributed by atoms with E-state index in [0.717, 1.165) is 12.8 Å². The second-order valence-electron chi connectivity index (χ2n) is 6.28. The van der Waals surface area contributed by atoms with Gasteiger partial charge in [-0.25, -0.2) is 0 Å². The van der Waals surface area contributed by atoms with Crippen molar-refractivity contribution in [2.45, 2.75) is 65.2 Å². The molecule has 0 aromatic rings. The standard InChI is InChI=1S/C14H28N2O2S/c1-7-14(5)13(17)16(11(4)9-19(6)18)12(15-14)8-10(2)3/h10-12,15H,7-9H2,1-6H3. The minimum absolute atomic E-state index is 0.0166. The third-order valence-corrected chi connectivity index (χ3v) is 4.83. The van der Waals surface area contributed by atoms with Gasteiger partial charge in [-0.2, -0.15) is 0 Å². The highest BCUT2D eigenvalue weighted by molar-refractivity contribution is 7.84. The molecule has 112 valence electrons. The Kier molecular flexibility index (Phi) is 5.56. The second-order valence-corrected chi connectivity index (χ2v) is 7.76. The molecule has 4 atom stereocenters. The largest absolute Gasteiger partial charge is 0.322 e. The van der Waals surface area contributed by atoms with E-state index in [1.165, 1.54) is 0 Å². The number of nitrogens with zero attached hydrogens (tertiary/aromatic N) is 1. The van der Waals surface area contributed by atoms with E-state index in [-0.39, 0.29) is 18.1 Å². The summed E-state index contributed by atoms with van der Waals surface area (Å²) in [5.74, 6) is 1.21. The SMILES string of the molecule is CCC1(C)NC(CC(C)C)N(C(C)CS(C)=O)C1=O. The smallest absolute Gasteiger partial charge is 0.244 e. The van der Waals surface area contributed by atoms with E-state index < -0.39 is 16.3 Å². The van der Waals surface area contributed by atoms with Crippen molar-refractivity contribution in [3.63, 3.8) is 0 Å². The van der Waals surface area contributed by atoms with Crippen molar-refractivity contribution in [1.29, 1.82) is 0 Å². The predicted molar refractivity (Wildman–Crippen MR) is 80.3 cm³/mol. The van der Waals surface area contributed by atoms with Crippen LogP contribution in [0.25, 0.3) is 0 Å². The molecule has 1 amide bonds. The Labute approximate surface area is 119 Å². The van der Waals surface area contributed by atoms with Gasteiger partial charge in [-0.3, -0.25) is 14.3 Å². The summed E-state index contributed by atoms with van der Waals surface area (Å²) >= 11 is 0. The van der Waals surface area contributed by atoms with Crippen LogP contribution in [0.4, 0.5) is 0 Å². The summed E-state index contributed by atoms with van der Waals surface area (Å²) in [6.07, 6.45) is 3.47. The van der Waals surface area contributed by atoms with Crippen LogP contribution in [0.5, 0.6) is 0 Å². The van der Waals surface area contributed by atoms with Gasteiger partial charge in [-0.05, 0) is 32.6 Å². The number of rotatable bonds is 6. The Balaban J connectivity index is 2.94. The fourth-order valence-corrected chi connectivity index (χ4v) is 3.57. The number of carbonyl (C=O) groups is 1. The van der Waals surface area contributed by atoms with Crippen molar-refractivity contribution in [2.24, 2.45) is 5.92 Å². The van der Waals surface area contributed by atoms with E-state index in [4.69, 9.17) is 0 Å². The number of carbonyl (C=O) groups excluding carboxylic acids is 1. The maximum atomic E-state index is 12.6. The molecule has 1 fully saturated rings. The van der Waals surface area contributed by atoms with Crippen molar-refractivity contribution in [1.82, 2.24) is 10.2 Å². The summed E-state index contributed by atoms with van der Waals surface area (Å²) in [6.45, 7) is 10.3. The van der Waals surface area contributed by atoms with E-state index >= 15 is 0 Å². The summed E-state index contributed by atoms with van der Waals surface area (Å²) in [5.41, 5.74) is -0.469. The molecule has 19 heavy (non-hydrogen) atoms. The monoisotopic (exact) mass is 288 g/mol. The Morgan fingerprint density at radius 1 is 1.42 bits per heavy atom. The van der Waals surface area contributed by atoms with E-state index in [9.17, 15) is 9.00 Å². The lowest BCUT2D eigenvalue weighted by atomic mass is 9.99. The van der Waals surface area contributed by atoms with Crippen LogP contribution in [0.1, 0.15) is 47.5 Å². The molecule has 0 aromatic heterocycles. The molecule has 0 saturated carbocycles. The van der Waals surface area contributed by atoms with Crippen molar-refractivity contribution in [3.8, 4) is 0 Å².